The number of unbranched alkanes of at least 4 members (excludes halogenated alkanes) is 1. The second-order valence-corrected chi connectivity index (χ2v) is 9.07. The molecule has 1 aromatic carbocycles. The number of nitrogens with zero attached hydrogens (tertiary/aromatic N) is 5. The fraction of sp³-hybridized carbons (Fsp3) is 0.385. The lowest BCUT2D eigenvalue weighted by molar-refractivity contribution is 0.102. The van der Waals surface area contributed by atoms with Gasteiger partial charge in [-0.2, -0.15) is 10.2 Å². The number of fused-ring (bicyclic) bond motifs is 1. The molecule has 170 valence electrons. The molecule has 3 heterocycles. The molecule has 0 atom stereocenters. The van der Waals surface area contributed by atoms with Crippen LogP contribution in [0.25, 0.3) is 11.0 Å². The summed E-state index contributed by atoms with van der Waals surface area (Å²) in [5.41, 5.74) is 5.68. The van der Waals surface area contributed by atoms with Crippen molar-refractivity contribution < 1.29 is 4.79 Å². The molecule has 0 radical (unpaired) electrons. The van der Waals surface area contributed by atoms with Crippen LogP contribution in [0.5, 0.6) is 0 Å². The number of benzene rings is 1. The molecular weight excluding hydrogens is 412 g/mol. The van der Waals surface area contributed by atoms with Crippen LogP contribution in [-0.2, 0) is 13.1 Å². The number of aromatic nitrogens is 5. The second kappa shape index (κ2) is 8.81. The first-order valence-corrected chi connectivity index (χ1v) is 11.8. The number of pyridine rings is 1. The van der Waals surface area contributed by atoms with E-state index in [0.717, 1.165) is 54.6 Å². The van der Waals surface area contributed by atoms with E-state index in [0.29, 0.717) is 23.8 Å². The third kappa shape index (κ3) is 4.53. The first-order valence-electron chi connectivity index (χ1n) is 11.8. The van der Waals surface area contributed by atoms with E-state index in [1.807, 2.05) is 40.7 Å². The SMILES string of the molecule is CCCCn1nc(C)c2c(C(=O)Nc3ccn(Cc4cccc(C)c4)n3)cc(C3CC3)nc21. The lowest BCUT2D eigenvalue weighted by atomic mass is 10.1. The number of hydrogen-bond acceptors (Lipinski definition) is 4. The number of carbonyl (C=O) groups is 1. The van der Waals surface area contributed by atoms with E-state index in [4.69, 9.17) is 10.1 Å². The molecular formula is C26H30N6O. The lowest BCUT2D eigenvalue weighted by Gasteiger charge is -2.08. The summed E-state index contributed by atoms with van der Waals surface area (Å²) < 4.78 is 3.81. The van der Waals surface area contributed by atoms with E-state index in [1.165, 1.54) is 11.1 Å². The summed E-state index contributed by atoms with van der Waals surface area (Å²) in [6.07, 6.45) is 6.27. The fourth-order valence-electron chi connectivity index (χ4n) is 4.30. The fourth-order valence-corrected chi connectivity index (χ4v) is 4.30. The molecule has 1 aliphatic rings. The maximum atomic E-state index is 13.4. The van der Waals surface area contributed by atoms with E-state index in [1.54, 1.807) is 0 Å². The molecule has 1 N–H and O–H groups in total. The third-order valence-electron chi connectivity index (χ3n) is 6.17. The number of aryl methyl sites for hydroxylation is 3. The van der Waals surface area contributed by atoms with E-state index in [2.05, 4.69) is 42.5 Å². The monoisotopic (exact) mass is 442 g/mol. The first kappa shape index (κ1) is 21.4. The van der Waals surface area contributed by atoms with Crippen LogP contribution in [-0.4, -0.2) is 30.5 Å². The van der Waals surface area contributed by atoms with Gasteiger partial charge in [-0.3, -0.25) is 9.48 Å². The van der Waals surface area contributed by atoms with Crippen LogP contribution in [0.3, 0.4) is 0 Å². The quantitative estimate of drug-likeness (QED) is 0.406. The Hall–Kier alpha value is -3.48. The normalized spacial score (nSPS) is 13.5. The molecule has 7 nitrogen and oxygen atoms in total. The Labute approximate surface area is 193 Å². The Morgan fingerprint density at radius 1 is 1.15 bits per heavy atom. The van der Waals surface area contributed by atoms with Gasteiger partial charge < -0.3 is 5.32 Å². The summed E-state index contributed by atoms with van der Waals surface area (Å²) in [6, 6.07) is 12.1. The molecule has 0 unspecified atom stereocenters. The van der Waals surface area contributed by atoms with Crippen LogP contribution in [0.15, 0.2) is 42.6 Å². The third-order valence-corrected chi connectivity index (χ3v) is 6.17. The first-order chi connectivity index (χ1) is 16.0. The number of hydrogen-bond donors (Lipinski definition) is 1. The van der Waals surface area contributed by atoms with Crippen molar-refractivity contribution in [2.24, 2.45) is 0 Å². The van der Waals surface area contributed by atoms with E-state index in [-0.39, 0.29) is 5.91 Å². The summed E-state index contributed by atoms with van der Waals surface area (Å²) in [4.78, 5) is 18.3. The van der Waals surface area contributed by atoms with Crippen molar-refractivity contribution in [3.8, 4) is 0 Å². The maximum absolute atomic E-state index is 13.4. The average molecular weight is 443 g/mol. The summed E-state index contributed by atoms with van der Waals surface area (Å²) >= 11 is 0. The smallest absolute Gasteiger partial charge is 0.257 e. The van der Waals surface area contributed by atoms with Gasteiger partial charge in [0.05, 0.1) is 23.2 Å². The number of rotatable bonds is 8. The summed E-state index contributed by atoms with van der Waals surface area (Å²) in [5, 5.41) is 13.1. The van der Waals surface area contributed by atoms with Gasteiger partial charge in [0, 0.05) is 30.4 Å². The number of amides is 1. The highest BCUT2D eigenvalue weighted by Crippen LogP contribution is 2.40. The molecule has 0 saturated heterocycles. The van der Waals surface area contributed by atoms with Gasteiger partial charge in [-0.15, -0.1) is 0 Å². The van der Waals surface area contributed by atoms with E-state index >= 15 is 0 Å². The molecule has 0 bridgehead atoms. The molecule has 0 aliphatic heterocycles. The van der Waals surface area contributed by atoms with Gasteiger partial charge in [-0.05, 0) is 44.7 Å². The van der Waals surface area contributed by atoms with Crippen molar-refractivity contribution in [2.75, 3.05) is 5.32 Å². The second-order valence-electron chi connectivity index (χ2n) is 9.07. The Kier molecular flexibility index (Phi) is 5.70. The number of carbonyl (C=O) groups excluding carboxylic acids is 1. The van der Waals surface area contributed by atoms with Crippen LogP contribution >= 0.6 is 0 Å². The van der Waals surface area contributed by atoms with Crippen molar-refractivity contribution in [3.05, 3.63) is 70.7 Å². The summed E-state index contributed by atoms with van der Waals surface area (Å²) in [6.45, 7) is 7.67. The maximum Gasteiger partial charge on any atom is 0.257 e. The van der Waals surface area contributed by atoms with E-state index in [9.17, 15) is 4.79 Å². The molecule has 1 amide bonds. The molecule has 0 spiro atoms. The van der Waals surface area contributed by atoms with Gasteiger partial charge in [0.15, 0.2) is 11.5 Å². The van der Waals surface area contributed by atoms with Crippen LogP contribution in [0.2, 0.25) is 0 Å². The van der Waals surface area contributed by atoms with Crippen molar-refractivity contribution in [1.82, 2.24) is 24.5 Å². The zero-order valence-electron chi connectivity index (χ0n) is 19.5. The highest BCUT2D eigenvalue weighted by molar-refractivity contribution is 6.12. The predicted octanol–water partition coefficient (Wildman–Crippen LogP) is 5.22. The Morgan fingerprint density at radius 3 is 2.76 bits per heavy atom. The average Bonchev–Trinajstić information content (AvgIpc) is 3.49. The molecule has 7 heteroatoms. The zero-order valence-corrected chi connectivity index (χ0v) is 19.5. The van der Waals surface area contributed by atoms with Gasteiger partial charge in [0.1, 0.15) is 0 Å². The minimum atomic E-state index is -0.164. The topological polar surface area (TPSA) is 77.6 Å². The lowest BCUT2D eigenvalue weighted by Crippen LogP contribution is -2.14. The predicted molar refractivity (Wildman–Crippen MR) is 130 cm³/mol. The van der Waals surface area contributed by atoms with Gasteiger partial charge in [-0.1, -0.05) is 43.2 Å². The molecule has 1 fully saturated rings. The minimum Gasteiger partial charge on any atom is -0.305 e. The Balaban J connectivity index is 1.42. The molecule has 4 aromatic rings. The standard InChI is InChI=1S/C26H30N6O/c1-4-5-12-32-25-24(18(3)29-32)21(15-22(27-25)20-9-10-20)26(33)28-23-11-13-31(30-23)16-19-8-6-7-17(2)14-19/h6-8,11,13-15,20H,4-5,9-10,12,16H2,1-3H3,(H,28,30,33). The number of nitrogens with one attached hydrogen (secondary N) is 1. The van der Waals surface area contributed by atoms with Crippen LogP contribution < -0.4 is 5.32 Å². The van der Waals surface area contributed by atoms with Crippen LogP contribution in [0.4, 0.5) is 5.82 Å². The molecule has 1 saturated carbocycles. The summed E-state index contributed by atoms with van der Waals surface area (Å²) in [7, 11) is 0. The van der Waals surface area contributed by atoms with Crippen molar-refractivity contribution in [1.29, 1.82) is 0 Å². The van der Waals surface area contributed by atoms with Gasteiger partial charge in [0.25, 0.3) is 5.91 Å². The van der Waals surface area contributed by atoms with Gasteiger partial charge in [0.2, 0.25) is 0 Å². The summed E-state index contributed by atoms with van der Waals surface area (Å²) in [5.74, 6) is 0.828. The van der Waals surface area contributed by atoms with Gasteiger partial charge >= 0.3 is 0 Å². The highest BCUT2D eigenvalue weighted by atomic mass is 16.1. The highest BCUT2D eigenvalue weighted by Gasteiger charge is 2.29. The Morgan fingerprint density at radius 2 is 2.00 bits per heavy atom. The zero-order chi connectivity index (χ0) is 22.9. The van der Waals surface area contributed by atoms with Crippen LogP contribution in [0.1, 0.15) is 71.4 Å². The number of anilines is 1. The van der Waals surface area contributed by atoms with E-state index < -0.39 is 0 Å². The molecule has 1 aliphatic carbocycles. The molecule has 5 rings (SSSR count). The van der Waals surface area contributed by atoms with Crippen molar-refractivity contribution in [3.63, 3.8) is 0 Å². The minimum absolute atomic E-state index is 0.164. The molecule has 3 aromatic heterocycles. The van der Waals surface area contributed by atoms with Crippen molar-refractivity contribution in [2.45, 2.75) is 65.5 Å². The Bertz CT molecular complexity index is 1310. The largest absolute Gasteiger partial charge is 0.305 e. The molecule has 33 heavy (non-hydrogen) atoms. The van der Waals surface area contributed by atoms with Gasteiger partial charge in [-0.25, -0.2) is 9.67 Å². The van der Waals surface area contributed by atoms with Crippen LogP contribution in [0, 0.1) is 13.8 Å². The van der Waals surface area contributed by atoms with Crippen molar-refractivity contribution >= 4 is 22.8 Å².